The number of hydrogen-bond acceptors (Lipinski definition) is 4. The molecule has 7 nitrogen and oxygen atoms in total. The topological polar surface area (TPSA) is 93.5 Å². The van der Waals surface area contributed by atoms with Gasteiger partial charge in [-0.1, -0.05) is 18.2 Å². The fourth-order valence-corrected chi connectivity index (χ4v) is 3.04. The summed E-state index contributed by atoms with van der Waals surface area (Å²) in [6.07, 6.45) is 4.53. The minimum atomic E-state index is -0.882. The first-order valence-electron chi connectivity index (χ1n) is 8.34. The van der Waals surface area contributed by atoms with Crippen LogP contribution in [-0.4, -0.2) is 46.5 Å². The average molecular weight is 343 g/mol. The van der Waals surface area contributed by atoms with Crippen LogP contribution < -0.4 is 5.32 Å². The van der Waals surface area contributed by atoms with Crippen LogP contribution in [0.5, 0.6) is 0 Å². The zero-order valence-electron chi connectivity index (χ0n) is 13.8. The number of carboxylic acid groups (broad SMARTS) is 1. The van der Waals surface area contributed by atoms with E-state index < -0.39 is 11.9 Å². The lowest BCUT2D eigenvalue weighted by atomic mass is 9.86. The number of hydrogen-bond donors (Lipinski definition) is 2. The van der Waals surface area contributed by atoms with Crippen molar-refractivity contribution in [3.8, 4) is 5.69 Å². The standard InChI is InChI=1S/C18H21N3O4/c22-17(14-10-20-21(12-14)15-4-2-1-3-5-15)19-11-16(18(23)24)13-6-8-25-9-7-13/h1-5,10,12-13,16H,6-9,11H2,(H,19,22)(H,23,24). The highest BCUT2D eigenvalue weighted by molar-refractivity contribution is 5.94. The Labute approximate surface area is 145 Å². The number of carbonyl (C=O) groups excluding carboxylic acids is 1. The van der Waals surface area contributed by atoms with Crippen molar-refractivity contribution in [2.24, 2.45) is 11.8 Å². The molecule has 2 N–H and O–H groups in total. The van der Waals surface area contributed by atoms with E-state index in [-0.39, 0.29) is 18.4 Å². The van der Waals surface area contributed by atoms with E-state index >= 15 is 0 Å². The number of carboxylic acids is 1. The smallest absolute Gasteiger partial charge is 0.308 e. The van der Waals surface area contributed by atoms with Gasteiger partial charge in [-0.3, -0.25) is 9.59 Å². The Morgan fingerprint density at radius 2 is 2.00 bits per heavy atom. The maximum atomic E-state index is 12.3. The Morgan fingerprint density at radius 1 is 1.28 bits per heavy atom. The first-order chi connectivity index (χ1) is 12.1. The molecule has 1 fully saturated rings. The highest BCUT2D eigenvalue weighted by atomic mass is 16.5. The Kier molecular flexibility index (Phi) is 5.45. The highest BCUT2D eigenvalue weighted by Crippen LogP contribution is 2.23. The van der Waals surface area contributed by atoms with Crippen LogP contribution in [0.3, 0.4) is 0 Å². The van der Waals surface area contributed by atoms with Gasteiger partial charge in [0, 0.05) is 26.0 Å². The van der Waals surface area contributed by atoms with Crippen LogP contribution in [0.4, 0.5) is 0 Å². The number of aromatic nitrogens is 2. The minimum absolute atomic E-state index is 0.0265. The van der Waals surface area contributed by atoms with E-state index in [2.05, 4.69) is 10.4 Å². The molecule has 0 spiro atoms. The van der Waals surface area contributed by atoms with Crippen molar-refractivity contribution in [2.45, 2.75) is 12.8 Å². The van der Waals surface area contributed by atoms with Crippen molar-refractivity contribution in [2.75, 3.05) is 19.8 Å². The monoisotopic (exact) mass is 343 g/mol. The van der Waals surface area contributed by atoms with Gasteiger partial charge in [0.2, 0.25) is 0 Å². The maximum absolute atomic E-state index is 12.3. The molecule has 1 saturated heterocycles. The molecule has 3 rings (SSSR count). The second-order valence-electron chi connectivity index (χ2n) is 6.11. The predicted molar refractivity (Wildman–Crippen MR) is 90.6 cm³/mol. The van der Waals surface area contributed by atoms with E-state index in [0.717, 1.165) is 5.69 Å². The number of rotatable bonds is 6. The van der Waals surface area contributed by atoms with E-state index in [1.54, 1.807) is 10.9 Å². The predicted octanol–water partition coefficient (Wildman–Crippen LogP) is 1.73. The van der Waals surface area contributed by atoms with Crippen LogP contribution >= 0.6 is 0 Å². The molecule has 1 aromatic heterocycles. The van der Waals surface area contributed by atoms with Crippen LogP contribution in [0.25, 0.3) is 5.69 Å². The van der Waals surface area contributed by atoms with E-state index in [0.29, 0.717) is 31.6 Å². The van der Waals surface area contributed by atoms with Gasteiger partial charge in [0.05, 0.1) is 23.4 Å². The fourth-order valence-electron chi connectivity index (χ4n) is 3.04. The number of aliphatic carboxylic acids is 1. The van der Waals surface area contributed by atoms with Crippen molar-refractivity contribution < 1.29 is 19.4 Å². The Hall–Kier alpha value is -2.67. The molecule has 0 aliphatic carbocycles. The molecule has 2 heterocycles. The molecular weight excluding hydrogens is 322 g/mol. The minimum Gasteiger partial charge on any atom is -0.481 e. The summed E-state index contributed by atoms with van der Waals surface area (Å²) in [7, 11) is 0. The number of para-hydroxylation sites is 1. The zero-order valence-corrected chi connectivity index (χ0v) is 13.8. The molecule has 1 amide bonds. The van der Waals surface area contributed by atoms with Gasteiger partial charge in [-0.15, -0.1) is 0 Å². The largest absolute Gasteiger partial charge is 0.481 e. The van der Waals surface area contributed by atoms with Crippen LogP contribution in [0.15, 0.2) is 42.7 Å². The van der Waals surface area contributed by atoms with Gasteiger partial charge in [0.15, 0.2) is 0 Å². The summed E-state index contributed by atoms with van der Waals surface area (Å²) in [5.74, 6) is -1.77. The summed E-state index contributed by atoms with van der Waals surface area (Å²) in [5.41, 5.74) is 1.26. The molecule has 7 heteroatoms. The number of nitrogens with zero attached hydrogens (tertiary/aromatic N) is 2. The second-order valence-corrected chi connectivity index (χ2v) is 6.11. The van der Waals surface area contributed by atoms with E-state index in [1.807, 2.05) is 30.3 Å². The van der Waals surface area contributed by atoms with E-state index in [1.165, 1.54) is 6.20 Å². The van der Waals surface area contributed by atoms with Crippen molar-refractivity contribution >= 4 is 11.9 Å². The lowest BCUT2D eigenvalue weighted by Gasteiger charge is -2.27. The quantitative estimate of drug-likeness (QED) is 0.833. The van der Waals surface area contributed by atoms with Crippen molar-refractivity contribution in [3.05, 3.63) is 48.3 Å². The van der Waals surface area contributed by atoms with Crippen molar-refractivity contribution in [1.82, 2.24) is 15.1 Å². The van der Waals surface area contributed by atoms with Crippen molar-refractivity contribution in [1.29, 1.82) is 0 Å². The lowest BCUT2D eigenvalue weighted by molar-refractivity contribution is -0.144. The van der Waals surface area contributed by atoms with Crippen molar-refractivity contribution in [3.63, 3.8) is 0 Å². The third kappa shape index (κ3) is 4.24. The molecular formula is C18H21N3O4. The van der Waals surface area contributed by atoms with Gasteiger partial charge in [0.1, 0.15) is 0 Å². The van der Waals surface area contributed by atoms with E-state index in [4.69, 9.17) is 4.74 Å². The molecule has 1 aromatic carbocycles. The molecule has 25 heavy (non-hydrogen) atoms. The molecule has 1 atom stereocenters. The summed E-state index contributed by atoms with van der Waals surface area (Å²) in [5, 5.41) is 16.4. The third-order valence-corrected chi connectivity index (χ3v) is 4.50. The Morgan fingerprint density at radius 3 is 2.68 bits per heavy atom. The van der Waals surface area contributed by atoms with Crippen LogP contribution in [0.1, 0.15) is 23.2 Å². The maximum Gasteiger partial charge on any atom is 0.308 e. The number of amides is 1. The van der Waals surface area contributed by atoms with Crippen LogP contribution in [-0.2, 0) is 9.53 Å². The molecule has 1 unspecified atom stereocenters. The molecule has 0 bridgehead atoms. The summed E-state index contributed by atoms with van der Waals surface area (Å²) >= 11 is 0. The normalized spacial score (nSPS) is 16.3. The fraction of sp³-hybridized carbons (Fsp3) is 0.389. The Bertz CT molecular complexity index is 723. The van der Waals surface area contributed by atoms with Crippen LogP contribution in [0, 0.1) is 11.8 Å². The number of carbonyl (C=O) groups is 2. The molecule has 2 aromatic rings. The molecule has 0 saturated carbocycles. The molecule has 0 radical (unpaired) electrons. The van der Waals surface area contributed by atoms with E-state index in [9.17, 15) is 14.7 Å². The first kappa shape index (κ1) is 17.2. The average Bonchev–Trinajstić information content (AvgIpc) is 3.13. The summed E-state index contributed by atoms with van der Waals surface area (Å²) < 4.78 is 6.89. The molecule has 1 aliphatic heterocycles. The summed E-state index contributed by atoms with van der Waals surface area (Å²) in [6.45, 7) is 1.26. The summed E-state index contributed by atoms with van der Waals surface area (Å²) in [6, 6.07) is 9.47. The first-order valence-corrected chi connectivity index (χ1v) is 8.34. The van der Waals surface area contributed by atoms with Gasteiger partial charge in [0.25, 0.3) is 5.91 Å². The number of ether oxygens (including phenoxy) is 1. The molecule has 1 aliphatic rings. The number of benzene rings is 1. The van der Waals surface area contributed by atoms with Gasteiger partial charge in [-0.25, -0.2) is 4.68 Å². The van der Waals surface area contributed by atoms with Gasteiger partial charge in [-0.2, -0.15) is 5.10 Å². The summed E-state index contributed by atoms with van der Waals surface area (Å²) in [4.78, 5) is 23.8. The second kappa shape index (κ2) is 7.94. The highest BCUT2D eigenvalue weighted by Gasteiger charge is 2.30. The SMILES string of the molecule is O=C(NCC(C(=O)O)C1CCOCC1)c1cnn(-c2ccccc2)c1. The lowest BCUT2D eigenvalue weighted by Crippen LogP contribution is -2.38. The third-order valence-electron chi connectivity index (χ3n) is 4.50. The Balaban J connectivity index is 1.61. The van der Waals surface area contributed by atoms with Crippen LogP contribution in [0.2, 0.25) is 0 Å². The van der Waals surface area contributed by atoms with Gasteiger partial charge in [-0.05, 0) is 30.9 Å². The van der Waals surface area contributed by atoms with Gasteiger partial charge < -0.3 is 15.2 Å². The number of nitrogens with one attached hydrogen (secondary N) is 1. The molecule has 132 valence electrons. The van der Waals surface area contributed by atoms with Gasteiger partial charge >= 0.3 is 5.97 Å². The zero-order chi connectivity index (χ0) is 17.6.